The molecule has 0 unspecified atom stereocenters. The van der Waals surface area contributed by atoms with E-state index in [1.165, 1.54) is 44.9 Å². The molecule has 25 heavy (non-hydrogen) atoms. The largest absolute Gasteiger partial charge is 0.387 e. The van der Waals surface area contributed by atoms with Crippen LogP contribution in [0.1, 0.15) is 71.3 Å². The van der Waals surface area contributed by atoms with E-state index < -0.39 is 0 Å². The first kappa shape index (κ1) is 20.9. The first-order chi connectivity index (χ1) is 12.1. The molecule has 1 aliphatic rings. The van der Waals surface area contributed by atoms with Crippen LogP contribution in [0.25, 0.3) is 5.57 Å². The van der Waals surface area contributed by atoms with Crippen LogP contribution in [-0.2, 0) is 0 Å². The molecule has 1 aromatic rings. The number of pyridine rings is 1. The van der Waals surface area contributed by atoms with Crippen molar-refractivity contribution in [2.45, 2.75) is 71.8 Å². The molecule has 0 atom stereocenters. The fourth-order valence-electron chi connectivity index (χ4n) is 2.74. The van der Waals surface area contributed by atoms with Gasteiger partial charge in [0.2, 0.25) is 0 Å². The van der Waals surface area contributed by atoms with Gasteiger partial charge in [0, 0.05) is 18.4 Å². The van der Waals surface area contributed by atoms with Gasteiger partial charge in [-0.2, -0.15) is 0 Å². The van der Waals surface area contributed by atoms with Crippen molar-refractivity contribution in [2.75, 3.05) is 0 Å². The molecule has 0 aromatic carbocycles. The third kappa shape index (κ3) is 9.08. The fourth-order valence-corrected chi connectivity index (χ4v) is 2.74. The minimum atomic E-state index is 0.474. The maximum absolute atomic E-state index is 5.77. The molecule has 2 rings (SSSR count). The Hall–Kier alpha value is -2.10. The van der Waals surface area contributed by atoms with Crippen LogP contribution in [0.5, 0.6) is 0 Å². The van der Waals surface area contributed by atoms with Gasteiger partial charge in [-0.25, -0.2) is 4.99 Å². The summed E-state index contributed by atoms with van der Waals surface area (Å²) in [5.74, 6) is 1.35. The van der Waals surface area contributed by atoms with Crippen molar-refractivity contribution in [3.05, 3.63) is 48.6 Å². The summed E-state index contributed by atoms with van der Waals surface area (Å²) in [5.41, 5.74) is 7.72. The summed E-state index contributed by atoms with van der Waals surface area (Å²) in [5, 5.41) is 3.55. The van der Waals surface area contributed by atoms with Crippen molar-refractivity contribution in [1.29, 1.82) is 0 Å². The number of nitrogens with one attached hydrogen (secondary N) is 1. The van der Waals surface area contributed by atoms with Gasteiger partial charge >= 0.3 is 0 Å². The highest BCUT2D eigenvalue weighted by Gasteiger charge is 2.13. The van der Waals surface area contributed by atoms with Crippen LogP contribution in [0.4, 0.5) is 0 Å². The molecule has 0 amide bonds. The normalized spacial score (nSPS) is 16.4. The zero-order chi connectivity index (χ0) is 18.5. The van der Waals surface area contributed by atoms with Gasteiger partial charge in [0.25, 0.3) is 0 Å². The third-order valence-corrected chi connectivity index (χ3v) is 3.87. The number of aromatic nitrogens is 1. The molecule has 138 valence electrons. The molecule has 0 radical (unpaired) electrons. The average molecular weight is 343 g/mol. The lowest BCUT2D eigenvalue weighted by atomic mass is 10.1. The lowest BCUT2D eigenvalue weighted by molar-refractivity contribution is 0.500. The summed E-state index contributed by atoms with van der Waals surface area (Å²) in [6, 6.07) is 4.37. The van der Waals surface area contributed by atoms with E-state index in [2.05, 4.69) is 35.7 Å². The van der Waals surface area contributed by atoms with Crippen molar-refractivity contribution in [2.24, 2.45) is 10.7 Å². The average Bonchev–Trinajstić information content (AvgIpc) is 2.84. The predicted molar refractivity (Wildman–Crippen MR) is 109 cm³/mol. The quantitative estimate of drug-likeness (QED) is 0.341. The highest BCUT2D eigenvalue weighted by molar-refractivity contribution is 5.79. The Kier molecular flexibility index (Phi) is 10.3. The first-order valence-electron chi connectivity index (χ1n) is 9.45. The second-order valence-electron chi connectivity index (χ2n) is 6.58. The summed E-state index contributed by atoms with van der Waals surface area (Å²) in [6.07, 6.45) is 14.4. The van der Waals surface area contributed by atoms with Gasteiger partial charge in [-0.05, 0) is 49.1 Å². The van der Waals surface area contributed by atoms with Crippen LogP contribution < -0.4 is 11.1 Å². The van der Waals surface area contributed by atoms with Crippen molar-refractivity contribution in [1.82, 2.24) is 10.3 Å². The Balaban J connectivity index is 0.000000970. The van der Waals surface area contributed by atoms with E-state index >= 15 is 0 Å². The van der Waals surface area contributed by atoms with Gasteiger partial charge in [-0.15, -0.1) is 0 Å². The summed E-state index contributed by atoms with van der Waals surface area (Å²) in [4.78, 5) is 8.47. The molecule has 1 aliphatic carbocycles. The molecule has 1 heterocycles. The van der Waals surface area contributed by atoms with Crippen LogP contribution in [0.3, 0.4) is 0 Å². The minimum Gasteiger partial charge on any atom is -0.387 e. The zero-order valence-electron chi connectivity index (χ0n) is 16.1. The lowest BCUT2D eigenvalue weighted by Gasteiger charge is -2.18. The van der Waals surface area contributed by atoms with Crippen LogP contribution >= 0.6 is 0 Å². The van der Waals surface area contributed by atoms with Crippen LogP contribution in [0.2, 0.25) is 0 Å². The van der Waals surface area contributed by atoms with E-state index in [-0.39, 0.29) is 0 Å². The molecule has 0 spiro atoms. The molecule has 0 bridgehead atoms. The number of nitrogens with two attached hydrogens (primary N) is 1. The number of hydrogen-bond acceptors (Lipinski definition) is 3. The van der Waals surface area contributed by atoms with Gasteiger partial charge in [-0.3, -0.25) is 4.98 Å². The highest BCUT2D eigenvalue weighted by atomic mass is 15.1. The summed E-state index contributed by atoms with van der Waals surface area (Å²) >= 11 is 0. The molecule has 3 N–H and O–H groups in total. The molecular formula is C21H34N4. The van der Waals surface area contributed by atoms with E-state index in [1.807, 2.05) is 18.2 Å². The SMILES string of the molecule is C=C(/C=C(\N=C(/C)N)NC1CCCCCC1)c1ccncc1.CCC. The van der Waals surface area contributed by atoms with Gasteiger partial charge in [0.1, 0.15) is 5.82 Å². The number of hydrogen-bond donors (Lipinski definition) is 2. The fraction of sp³-hybridized carbons (Fsp3) is 0.524. The van der Waals surface area contributed by atoms with Gasteiger partial charge in [-0.1, -0.05) is 52.5 Å². The second kappa shape index (κ2) is 12.3. The van der Waals surface area contributed by atoms with Crippen molar-refractivity contribution >= 4 is 11.4 Å². The predicted octanol–water partition coefficient (Wildman–Crippen LogP) is 5.04. The monoisotopic (exact) mass is 342 g/mol. The smallest absolute Gasteiger partial charge is 0.128 e. The topological polar surface area (TPSA) is 63.3 Å². The van der Waals surface area contributed by atoms with Crippen molar-refractivity contribution < 1.29 is 0 Å². The zero-order valence-corrected chi connectivity index (χ0v) is 16.1. The number of amidine groups is 1. The minimum absolute atomic E-state index is 0.474. The van der Waals surface area contributed by atoms with E-state index in [0.29, 0.717) is 11.9 Å². The number of allylic oxidation sites excluding steroid dienone is 2. The standard InChI is InChI=1S/C18H26N4.C3H8/c1-14(16-9-11-20-12-10-16)13-18(21-15(2)19)22-17-7-5-3-4-6-8-17;1-3-2/h9-13,17,22H,1,3-8H2,2H3,(H2,19,21);3H2,1-2H3/b18-13+;. The van der Waals surface area contributed by atoms with Gasteiger partial charge < -0.3 is 11.1 Å². The van der Waals surface area contributed by atoms with E-state index in [9.17, 15) is 0 Å². The summed E-state index contributed by atoms with van der Waals surface area (Å²) < 4.78 is 0. The Labute approximate surface area is 153 Å². The lowest BCUT2D eigenvalue weighted by Crippen LogP contribution is -2.28. The van der Waals surface area contributed by atoms with Gasteiger partial charge in [0.15, 0.2) is 0 Å². The molecule has 1 fully saturated rings. The molecule has 4 nitrogen and oxygen atoms in total. The Morgan fingerprint density at radius 2 is 1.80 bits per heavy atom. The van der Waals surface area contributed by atoms with Crippen LogP contribution in [-0.4, -0.2) is 16.9 Å². The molecule has 1 saturated carbocycles. The number of nitrogens with zero attached hydrogens (tertiary/aromatic N) is 2. The molecule has 0 aliphatic heterocycles. The second-order valence-corrected chi connectivity index (χ2v) is 6.58. The maximum Gasteiger partial charge on any atom is 0.128 e. The highest BCUT2D eigenvalue weighted by Crippen LogP contribution is 2.20. The Morgan fingerprint density at radius 3 is 2.32 bits per heavy atom. The maximum atomic E-state index is 5.77. The number of rotatable bonds is 5. The Bertz CT molecular complexity index is 549. The van der Waals surface area contributed by atoms with E-state index in [0.717, 1.165) is 17.0 Å². The van der Waals surface area contributed by atoms with Crippen LogP contribution in [0, 0.1) is 0 Å². The van der Waals surface area contributed by atoms with E-state index in [4.69, 9.17) is 5.73 Å². The van der Waals surface area contributed by atoms with E-state index in [1.54, 1.807) is 19.3 Å². The molecule has 4 heteroatoms. The number of aliphatic imine (C=N–C) groups is 1. The van der Waals surface area contributed by atoms with Gasteiger partial charge in [0.05, 0.1) is 5.84 Å². The third-order valence-electron chi connectivity index (χ3n) is 3.87. The molecule has 0 saturated heterocycles. The first-order valence-corrected chi connectivity index (χ1v) is 9.45. The Morgan fingerprint density at radius 1 is 1.24 bits per heavy atom. The summed E-state index contributed by atoms with van der Waals surface area (Å²) in [6.45, 7) is 10.2. The summed E-state index contributed by atoms with van der Waals surface area (Å²) in [7, 11) is 0. The molecule has 1 aromatic heterocycles. The van der Waals surface area contributed by atoms with Crippen molar-refractivity contribution in [3.63, 3.8) is 0 Å². The molecular weight excluding hydrogens is 308 g/mol. The van der Waals surface area contributed by atoms with Crippen molar-refractivity contribution in [3.8, 4) is 0 Å². The van der Waals surface area contributed by atoms with Crippen LogP contribution in [0.15, 0.2) is 48.0 Å².